The van der Waals surface area contributed by atoms with E-state index in [1.165, 1.54) is 16.7 Å². The topological polar surface area (TPSA) is 55.6 Å². The number of amides is 1. The maximum atomic E-state index is 13.2. The molecule has 3 aromatic carbocycles. The van der Waals surface area contributed by atoms with Crippen LogP contribution < -0.4 is 5.73 Å². The number of nitrogens with two attached hydrogens (primary N) is 1. The van der Waals surface area contributed by atoms with Crippen molar-refractivity contribution >= 4 is 22.9 Å². The summed E-state index contributed by atoms with van der Waals surface area (Å²) in [6.45, 7) is 4.28. The minimum absolute atomic E-state index is 0. The maximum absolute atomic E-state index is 13.2. The number of fused-ring (bicyclic) bond motifs is 1. The lowest BCUT2D eigenvalue weighted by Gasteiger charge is -2.37. The van der Waals surface area contributed by atoms with E-state index in [4.69, 9.17) is 10.5 Å². The van der Waals surface area contributed by atoms with Crippen LogP contribution in [0.1, 0.15) is 34.2 Å². The Morgan fingerprint density at radius 2 is 1.58 bits per heavy atom. The lowest BCUT2D eigenvalue weighted by atomic mass is 9.64. The van der Waals surface area contributed by atoms with Crippen molar-refractivity contribution in [3.05, 3.63) is 107 Å². The van der Waals surface area contributed by atoms with E-state index in [-0.39, 0.29) is 28.8 Å². The molecule has 33 heavy (non-hydrogen) atoms. The molecule has 1 atom stereocenters. The number of halogens is 1. The van der Waals surface area contributed by atoms with Crippen molar-refractivity contribution in [1.29, 1.82) is 0 Å². The first kappa shape index (κ1) is 23.7. The standard InChI is InChI=1S/C28H30N2O2.BrH/c29-27(31)28(24-7-3-1-4-8-24,25-9-5-2-6-10-25)26-14-16-30(18-26)15-13-21-11-12-22-19-32-20-23(22)17-21;/h1-12,17,26H,13-16,18-20H2,(H2,29,31);1H/t26-;/m1./s1. The van der Waals surface area contributed by atoms with E-state index >= 15 is 0 Å². The van der Waals surface area contributed by atoms with Gasteiger partial charge in [0.1, 0.15) is 5.41 Å². The van der Waals surface area contributed by atoms with Gasteiger partial charge in [-0.1, -0.05) is 78.9 Å². The van der Waals surface area contributed by atoms with E-state index in [1.807, 2.05) is 60.7 Å². The molecule has 1 saturated heterocycles. The van der Waals surface area contributed by atoms with E-state index < -0.39 is 5.41 Å². The first-order chi connectivity index (χ1) is 15.7. The summed E-state index contributed by atoms with van der Waals surface area (Å²) in [5.74, 6) is -0.126. The quantitative estimate of drug-likeness (QED) is 0.508. The lowest BCUT2D eigenvalue weighted by molar-refractivity contribution is -0.123. The van der Waals surface area contributed by atoms with Crippen LogP contribution in [-0.2, 0) is 34.6 Å². The second-order valence-electron chi connectivity index (χ2n) is 9.04. The molecule has 3 aromatic rings. The highest BCUT2D eigenvalue weighted by molar-refractivity contribution is 8.93. The SMILES string of the molecule is Br.NC(=O)C(c1ccccc1)(c1ccccc1)[C@@H]1CCN(CCc2ccc3c(c2)COC3)C1. The van der Waals surface area contributed by atoms with Gasteiger partial charge >= 0.3 is 0 Å². The molecule has 0 saturated carbocycles. The normalized spacial score (nSPS) is 18.0. The second kappa shape index (κ2) is 10.2. The maximum Gasteiger partial charge on any atom is 0.232 e. The summed E-state index contributed by atoms with van der Waals surface area (Å²) >= 11 is 0. The van der Waals surface area contributed by atoms with Gasteiger partial charge in [-0.2, -0.15) is 0 Å². The molecule has 0 radical (unpaired) electrons. The number of primary amides is 1. The lowest BCUT2D eigenvalue weighted by Crippen LogP contribution is -2.49. The fraction of sp³-hybridized carbons (Fsp3) is 0.321. The van der Waals surface area contributed by atoms with Crippen LogP contribution in [0.4, 0.5) is 0 Å². The predicted octanol–water partition coefficient (Wildman–Crippen LogP) is 4.63. The zero-order valence-electron chi connectivity index (χ0n) is 18.8. The Kier molecular flexibility index (Phi) is 7.32. The van der Waals surface area contributed by atoms with E-state index in [0.29, 0.717) is 0 Å². The minimum atomic E-state index is -0.817. The van der Waals surface area contributed by atoms with Crippen LogP contribution in [-0.4, -0.2) is 30.4 Å². The van der Waals surface area contributed by atoms with Crippen LogP contribution in [0.5, 0.6) is 0 Å². The molecule has 0 spiro atoms. The monoisotopic (exact) mass is 506 g/mol. The van der Waals surface area contributed by atoms with E-state index in [1.54, 1.807) is 0 Å². The molecular formula is C28H31BrN2O2. The van der Waals surface area contributed by atoms with Gasteiger partial charge in [0.25, 0.3) is 0 Å². The Morgan fingerprint density at radius 1 is 0.939 bits per heavy atom. The van der Waals surface area contributed by atoms with Crippen LogP contribution in [0.25, 0.3) is 0 Å². The second-order valence-corrected chi connectivity index (χ2v) is 9.04. The Bertz CT molecular complexity index is 1050. The molecule has 0 unspecified atom stereocenters. The molecule has 2 aliphatic rings. The number of carbonyl (C=O) groups is 1. The molecule has 2 heterocycles. The number of ether oxygens (including phenoxy) is 1. The van der Waals surface area contributed by atoms with Crippen molar-refractivity contribution in [1.82, 2.24) is 4.90 Å². The van der Waals surface area contributed by atoms with Gasteiger partial charge in [-0.05, 0) is 53.1 Å². The summed E-state index contributed by atoms with van der Waals surface area (Å²) in [6.07, 6.45) is 1.95. The van der Waals surface area contributed by atoms with Crippen molar-refractivity contribution in [2.45, 2.75) is 31.5 Å². The van der Waals surface area contributed by atoms with Crippen LogP contribution in [0, 0.1) is 5.92 Å². The molecular weight excluding hydrogens is 476 g/mol. The summed E-state index contributed by atoms with van der Waals surface area (Å²) < 4.78 is 5.55. The number of rotatable bonds is 7. The third-order valence-corrected chi connectivity index (χ3v) is 7.23. The zero-order chi connectivity index (χ0) is 22.0. The van der Waals surface area contributed by atoms with Crippen molar-refractivity contribution in [2.24, 2.45) is 11.7 Å². The third-order valence-electron chi connectivity index (χ3n) is 7.23. The van der Waals surface area contributed by atoms with Gasteiger partial charge < -0.3 is 15.4 Å². The van der Waals surface area contributed by atoms with Gasteiger partial charge in [-0.15, -0.1) is 17.0 Å². The summed E-state index contributed by atoms with van der Waals surface area (Å²) in [5, 5.41) is 0. The fourth-order valence-corrected chi connectivity index (χ4v) is 5.58. The van der Waals surface area contributed by atoms with Crippen LogP contribution in [0.3, 0.4) is 0 Å². The molecule has 4 nitrogen and oxygen atoms in total. The predicted molar refractivity (Wildman–Crippen MR) is 136 cm³/mol. The molecule has 1 fully saturated rings. The molecule has 5 heteroatoms. The summed E-state index contributed by atoms with van der Waals surface area (Å²) in [5.41, 5.74) is 11.4. The number of likely N-dealkylation sites (tertiary alicyclic amines) is 1. The number of hydrogen-bond acceptors (Lipinski definition) is 3. The third kappa shape index (κ3) is 4.50. The zero-order valence-corrected chi connectivity index (χ0v) is 20.5. The van der Waals surface area contributed by atoms with Crippen molar-refractivity contribution in [3.8, 4) is 0 Å². The molecule has 2 N–H and O–H groups in total. The molecule has 0 bridgehead atoms. The molecule has 0 aliphatic carbocycles. The average Bonchev–Trinajstić information content (AvgIpc) is 3.49. The summed E-state index contributed by atoms with van der Waals surface area (Å²) in [7, 11) is 0. The number of nitrogens with zero attached hydrogens (tertiary/aromatic N) is 1. The van der Waals surface area contributed by atoms with Gasteiger partial charge in [-0.3, -0.25) is 4.79 Å². The first-order valence-corrected chi connectivity index (χ1v) is 11.5. The van der Waals surface area contributed by atoms with Crippen molar-refractivity contribution in [2.75, 3.05) is 19.6 Å². The van der Waals surface area contributed by atoms with Crippen LogP contribution >= 0.6 is 17.0 Å². The Labute approximate surface area is 206 Å². The Balaban J connectivity index is 0.00000259. The van der Waals surface area contributed by atoms with Crippen molar-refractivity contribution < 1.29 is 9.53 Å². The number of carbonyl (C=O) groups excluding carboxylic acids is 1. The highest BCUT2D eigenvalue weighted by Gasteiger charge is 2.49. The van der Waals surface area contributed by atoms with E-state index in [2.05, 4.69) is 23.1 Å². The van der Waals surface area contributed by atoms with Crippen LogP contribution in [0.2, 0.25) is 0 Å². The van der Waals surface area contributed by atoms with E-state index in [0.717, 1.165) is 56.8 Å². The van der Waals surface area contributed by atoms with Gasteiger partial charge in [0, 0.05) is 13.1 Å². The van der Waals surface area contributed by atoms with Gasteiger partial charge in [0.2, 0.25) is 5.91 Å². The average molecular weight is 507 g/mol. The molecule has 1 amide bonds. The first-order valence-electron chi connectivity index (χ1n) is 11.5. The van der Waals surface area contributed by atoms with Gasteiger partial charge in [-0.25, -0.2) is 0 Å². The largest absolute Gasteiger partial charge is 0.372 e. The number of benzene rings is 3. The Hall–Kier alpha value is -2.47. The molecule has 5 rings (SSSR count). The highest BCUT2D eigenvalue weighted by atomic mass is 79.9. The summed E-state index contributed by atoms with van der Waals surface area (Å²) in [4.78, 5) is 15.7. The number of hydrogen-bond donors (Lipinski definition) is 1. The smallest absolute Gasteiger partial charge is 0.232 e. The van der Waals surface area contributed by atoms with Crippen LogP contribution in [0.15, 0.2) is 78.9 Å². The van der Waals surface area contributed by atoms with Gasteiger partial charge in [0.05, 0.1) is 13.2 Å². The molecule has 2 aliphatic heterocycles. The van der Waals surface area contributed by atoms with Crippen molar-refractivity contribution in [3.63, 3.8) is 0 Å². The van der Waals surface area contributed by atoms with Gasteiger partial charge in [0.15, 0.2) is 0 Å². The Morgan fingerprint density at radius 3 is 2.21 bits per heavy atom. The fourth-order valence-electron chi connectivity index (χ4n) is 5.58. The molecule has 0 aromatic heterocycles. The van der Waals surface area contributed by atoms with E-state index in [9.17, 15) is 4.79 Å². The minimum Gasteiger partial charge on any atom is -0.372 e. The molecule has 172 valence electrons. The summed E-state index contributed by atoms with van der Waals surface area (Å²) in [6, 6.07) is 26.9. The highest BCUT2D eigenvalue weighted by Crippen LogP contribution is 2.43.